The molecule has 144 valence electrons. The summed E-state index contributed by atoms with van der Waals surface area (Å²) in [6.07, 6.45) is 0. The minimum absolute atomic E-state index is 0.0555. The predicted octanol–water partition coefficient (Wildman–Crippen LogP) is 6.39. The quantitative estimate of drug-likeness (QED) is 0.298. The molecular formula is C22H17N2O4P. The summed E-state index contributed by atoms with van der Waals surface area (Å²) in [6.45, 7) is 0. The standard InChI is InChI=1S/C22H17N2O4P/c25-29(26,27)28-18-13-14-22(24-23-17-9-2-1-3-10-17)21(15-18)20-12-6-8-16-7-4-5-11-19(16)20/h1-15H,(H2,25,26,27)/b24-23+. The minimum Gasteiger partial charge on any atom is -0.404 e. The molecule has 0 saturated carbocycles. The highest BCUT2D eigenvalue weighted by Gasteiger charge is 2.18. The lowest BCUT2D eigenvalue weighted by Gasteiger charge is -2.12. The molecule has 0 spiro atoms. The topological polar surface area (TPSA) is 91.5 Å². The maximum absolute atomic E-state index is 11.3. The molecule has 4 aromatic rings. The van der Waals surface area contributed by atoms with Crippen LogP contribution < -0.4 is 4.52 Å². The van der Waals surface area contributed by atoms with E-state index in [2.05, 4.69) is 10.2 Å². The van der Waals surface area contributed by atoms with Crippen molar-refractivity contribution in [1.82, 2.24) is 0 Å². The van der Waals surface area contributed by atoms with E-state index in [-0.39, 0.29) is 5.75 Å². The fourth-order valence-electron chi connectivity index (χ4n) is 3.08. The van der Waals surface area contributed by atoms with Crippen molar-refractivity contribution < 1.29 is 18.9 Å². The highest BCUT2D eigenvalue weighted by atomic mass is 31.2. The van der Waals surface area contributed by atoms with Gasteiger partial charge in [0.25, 0.3) is 0 Å². The van der Waals surface area contributed by atoms with E-state index in [1.54, 1.807) is 12.1 Å². The molecule has 0 fully saturated rings. The molecule has 29 heavy (non-hydrogen) atoms. The van der Waals surface area contributed by atoms with Crippen molar-refractivity contribution in [2.45, 2.75) is 0 Å². The Bertz CT molecular complexity index is 1230. The van der Waals surface area contributed by atoms with Crippen molar-refractivity contribution in [3.8, 4) is 16.9 Å². The zero-order chi connectivity index (χ0) is 20.3. The summed E-state index contributed by atoms with van der Waals surface area (Å²) in [7, 11) is -4.68. The van der Waals surface area contributed by atoms with Gasteiger partial charge in [-0.15, -0.1) is 5.11 Å². The number of nitrogens with zero attached hydrogens (tertiary/aromatic N) is 2. The number of phosphoric acid groups is 1. The van der Waals surface area contributed by atoms with E-state index in [1.807, 2.05) is 72.8 Å². The van der Waals surface area contributed by atoms with Crippen LogP contribution in [0.25, 0.3) is 21.9 Å². The molecule has 0 radical (unpaired) electrons. The first-order valence-electron chi connectivity index (χ1n) is 8.84. The van der Waals surface area contributed by atoms with Crippen LogP contribution in [-0.2, 0) is 4.57 Å². The van der Waals surface area contributed by atoms with E-state index in [0.29, 0.717) is 16.9 Å². The normalized spacial score (nSPS) is 11.8. The van der Waals surface area contributed by atoms with Gasteiger partial charge in [0.1, 0.15) is 5.75 Å². The van der Waals surface area contributed by atoms with Crippen LogP contribution in [-0.4, -0.2) is 9.79 Å². The van der Waals surface area contributed by atoms with Crippen LogP contribution >= 0.6 is 7.82 Å². The second kappa shape index (κ2) is 7.97. The van der Waals surface area contributed by atoms with Crippen LogP contribution in [0.15, 0.2) is 101 Å². The van der Waals surface area contributed by atoms with Crippen LogP contribution in [0.1, 0.15) is 0 Å². The molecule has 0 saturated heterocycles. The molecule has 0 amide bonds. The lowest BCUT2D eigenvalue weighted by Crippen LogP contribution is -1.91. The number of azo groups is 1. The summed E-state index contributed by atoms with van der Waals surface area (Å²) < 4.78 is 16.1. The molecule has 0 aliphatic rings. The van der Waals surface area contributed by atoms with Crippen molar-refractivity contribution in [2.75, 3.05) is 0 Å². The van der Waals surface area contributed by atoms with E-state index in [9.17, 15) is 14.4 Å². The van der Waals surface area contributed by atoms with E-state index in [1.165, 1.54) is 6.07 Å². The molecule has 0 aliphatic heterocycles. The van der Waals surface area contributed by atoms with Crippen molar-refractivity contribution in [2.24, 2.45) is 10.2 Å². The summed E-state index contributed by atoms with van der Waals surface area (Å²) in [4.78, 5) is 18.3. The van der Waals surface area contributed by atoms with Crippen LogP contribution in [0.3, 0.4) is 0 Å². The van der Waals surface area contributed by atoms with Gasteiger partial charge in [0, 0.05) is 5.56 Å². The van der Waals surface area contributed by atoms with Gasteiger partial charge in [-0.05, 0) is 46.7 Å². The Hall–Kier alpha value is -3.31. The molecule has 0 aromatic heterocycles. The molecule has 0 bridgehead atoms. The number of benzene rings is 4. The summed E-state index contributed by atoms with van der Waals surface area (Å²) in [5.74, 6) is 0.0555. The van der Waals surface area contributed by atoms with Gasteiger partial charge in [-0.1, -0.05) is 60.7 Å². The second-order valence-corrected chi connectivity index (χ2v) is 7.49. The monoisotopic (exact) mass is 404 g/mol. The van der Waals surface area contributed by atoms with Crippen LogP contribution in [0, 0.1) is 0 Å². The summed E-state index contributed by atoms with van der Waals surface area (Å²) in [5, 5.41) is 10.7. The third-order valence-corrected chi connectivity index (χ3v) is 4.75. The highest BCUT2D eigenvalue weighted by molar-refractivity contribution is 7.46. The molecule has 0 aliphatic carbocycles. The van der Waals surface area contributed by atoms with Crippen LogP contribution in [0.4, 0.5) is 11.4 Å². The van der Waals surface area contributed by atoms with Crippen molar-refractivity contribution in [3.63, 3.8) is 0 Å². The third kappa shape index (κ3) is 4.58. The zero-order valence-corrected chi connectivity index (χ0v) is 16.1. The molecule has 4 aromatic carbocycles. The molecule has 4 rings (SSSR count). The SMILES string of the molecule is O=P(O)(O)Oc1ccc(/N=N/c2ccccc2)c(-c2cccc3ccccc23)c1. The Morgan fingerprint density at radius 2 is 1.45 bits per heavy atom. The minimum atomic E-state index is -4.68. The fourth-order valence-corrected chi connectivity index (χ4v) is 3.47. The molecular weight excluding hydrogens is 387 g/mol. The Morgan fingerprint density at radius 3 is 2.24 bits per heavy atom. The van der Waals surface area contributed by atoms with Gasteiger partial charge in [0.15, 0.2) is 0 Å². The van der Waals surface area contributed by atoms with Gasteiger partial charge < -0.3 is 4.52 Å². The largest absolute Gasteiger partial charge is 0.524 e. The van der Waals surface area contributed by atoms with Gasteiger partial charge in [-0.2, -0.15) is 5.11 Å². The van der Waals surface area contributed by atoms with E-state index >= 15 is 0 Å². The lowest BCUT2D eigenvalue weighted by atomic mass is 9.97. The average Bonchev–Trinajstić information content (AvgIpc) is 2.72. The van der Waals surface area contributed by atoms with Crippen LogP contribution in [0.5, 0.6) is 5.75 Å². The first kappa shape index (κ1) is 19.0. The van der Waals surface area contributed by atoms with Crippen molar-refractivity contribution >= 4 is 30.0 Å². The summed E-state index contributed by atoms with van der Waals surface area (Å²) in [6, 6.07) is 27.7. The Morgan fingerprint density at radius 1 is 0.724 bits per heavy atom. The van der Waals surface area contributed by atoms with Crippen LogP contribution in [0.2, 0.25) is 0 Å². The van der Waals surface area contributed by atoms with Gasteiger partial charge in [-0.3, -0.25) is 9.79 Å². The molecule has 0 heterocycles. The number of phosphoric ester groups is 1. The zero-order valence-electron chi connectivity index (χ0n) is 15.2. The van der Waals surface area contributed by atoms with E-state index in [0.717, 1.165) is 16.3 Å². The molecule has 2 N–H and O–H groups in total. The smallest absolute Gasteiger partial charge is 0.404 e. The van der Waals surface area contributed by atoms with Gasteiger partial charge in [-0.25, -0.2) is 4.57 Å². The summed E-state index contributed by atoms with van der Waals surface area (Å²) >= 11 is 0. The summed E-state index contributed by atoms with van der Waals surface area (Å²) in [5.41, 5.74) is 2.78. The molecule has 6 nitrogen and oxygen atoms in total. The Balaban J connectivity index is 1.87. The third-order valence-electron chi connectivity index (χ3n) is 4.30. The van der Waals surface area contributed by atoms with Gasteiger partial charge in [0.05, 0.1) is 11.4 Å². The molecule has 0 unspecified atom stereocenters. The molecule has 7 heteroatoms. The lowest BCUT2D eigenvalue weighted by molar-refractivity contribution is 0.283. The number of hydrogen-bond acceptors (Lipinski definition) is 4. The Labute approximate surface area is 167 Å². The average molecular weight is 404 g/mol. The fraction of sp³-hybridized carbons (Fsp3) is 0. The first-order chi connectivity index (χ1) is 14.0. The number of fused-ring (bicyclic) bond motifs is 1. The van der Waals surface area contributed by atoms with E-state index in [4.69, 9.17) is 4.52 Å². The van der Waals surface area contributed by atoms with E-state index < -0.39 is 7.82 Å². The van der Waals surface area contributed by atoms with Gasteiger partial charge >= 0.3 is 7.82 Å². The second-order valence-electron chi connectivity index (χ2n) is 6.32. The Kier molecular flexibility index (Phi) is 5.23. The maximum atomic E-state index is 11.3. The molecule has 0 atom stereocenters. The van der Waals surface area contributed by atoms with Crippen molar-refractivity contribution in [1.29, 1.82) is 0 Å². The van der Waals surface area contributed by atoms with Gasteiger partial charge in [0.2, 0.25) is 0 Å². The van der Waals surface area contributed by atoms with Crippen molar-refractivity contribution in [3.05, 3.63) is 91.0 Å². The first-order valence-corrected chi connectivity index (χ1v) is 10.4. The highest BCUT2D eigenvalue weighted by Crippen LogP contribution is 2.43. The maximum Gasteiger partial charge on any atom is 0.524 e. The number of hydrogen-bond donors (Lipinski definition) is 2. The predicted molar refractivity (Wildman–Crippen MR) is 113 cm³/mol. The number of rotatable bonds is 5.